The highest BCUT2D eigenvalue weighted by Gasteiger charge is 2.09. The minimum absolute atomic E-state index is 0.0838. The van der Waals surface area contributed by atoms with Gasteiger partial charge >= 0.3 is 0 Å². The number of nitrogens with zero attached hydrogens (tertiary/aromatic N) is 1. The fourth-order valence-corrected chi connectivity index (χ4v) is 1.23. The molecule has 0 saturated heterocycles. The molecule has 1 heterocycles. The van der Waals surface area contributed by atoms with E-state index in [1.807, 2.05) is 0 Å². The summed E-state index contributed by atoms with van der Waals surface area (Å²) in [7, 11) is 0. The quantitative estimate of drug-likeness (QED) is 0.702. The number of hydrogen-bond acceptors (Lipinski definition) is 2. The molecule has 0 bridgehead atoms. The second-order valence-electron chi connectivity index (χ2n) is 2.49. The fourth-order valence-electron chi connectivity index (χ4n) is 1.05. The molecule has 66 valence electrons. The van der Waals surface area contributed by atoms with E-state index in [0.717, 1.165) is 0 Å². The van der Waals surface area contributed by atoms with E-state index in [1.165, 1.54) is 12.3 Å². The predicted octanol–water partition coefficient (Wildman–Crippen LogP) is 3.13. The Morgan fingerprint density at radius 3 is 2.85 bits per heavy atom. The van der Waals surface area contributed by atoms with Crippen molar-refractivity contribution in [3.63, 3.8) is 0 Å². The van der Waals surface area contributed by atoms with E-state index in [0.29, 0.717) is 11.3 Å². The lowest BCUT2D eigenvalue weighted by Gasteiger charge is -1.98. The molecule has 0 amide bonds. The SMILES string of the molecule is Fc1c(Cl)cccc1-c1ccon1. The largest absolute Gasteiger partial charge is 0.364 e. The van der Waals surface area contributed by atoms with Crippen molar-refractivity contribution >= 4 is 11.6 Å². The molecule has 2 nitrogen and oxygen atoms in total. The van der Waals surface area contributed by atoms with Crippen molar-refractivity contribution in [3.05, 3.63) is 41.4 Å². The monoisotopic (exact) mass is 197 g/mol. The van der Waals surface area contributed by atoms with E-state index in [1.54, 1.807) is 18.2 Å². The van der Waals surface area contributed by atoms with Gasteiger partial charge in [-0.2, -0.15) is 0 Å². The summed E-state index contributed by atoms with van der Waals surface area (Å²) in [6, 6.07) is 6.32. The Morgan fingerprint density at radius 1 is 1.31 bits per heavy atom. The Morgan fingerprint density at radius 2 is 2.15 bits per heavy atom. The summed E-state index contributed by atoms with van der Waals surface area (Å²) < 4.78 is 18.0. The summed E-state index contributed by atoms with van der Waals surface area (Å²) in [6.45, 7) is 0. The number of halogens is 2. The van der Waals surface area contributed by atoms with Gasteiger partial charge in [-0.05, 0) is 12.1 Å². The van der Waals surface area contributed by atoms with E-state index in [2.05, 4.69) is 9.68 Å². The number of rotatable bonds is 1. The van der Waals surface area contributed by atoms with Crippen molar-refractivity contribution < 1.29 is 8.91 Å². The lowest BCUT2D eigenvalue weighted by Crippen LogP contribution is -1.84. The summed E-state index contributed by atoms with van der Waals surface area (Å²) in [5.41, 5.74) is 0.793. The van der Waals surface area contributed by atoms with Crippen molar-refractivity contribution in [2.24, 2.45) is 0 Å². The maximum Gasteiger partial charge on any atom is 0.151 e. The van der Waals surface area contributed by atoms with E-state index >= 15 is 0 Å². The molecule has 0 radical (unpaired) electrons. The average Bonchev–Trinajstić information content (AvgIpc) is 2.62. The molecule has 2 rings (SSSR count). The van der Waals surface area contributed by atoms with Gasteiger partial charge in [0.2, 0.25) is 0 Å². The predicted molar refractivity (Wildman–Crippen MR) is 46.9 cm³/mol. The molecule has 0 unspecified atom stereocenters. The van der Waals surface area contributed by atoms with Crippen molar-refractivity contribution in [2.45, 2.75) is 0 Å². The molecule has 13 heavy (non-hydrogen) atoms. The maximum absolute atomic E-state index is 13.4. The van der Waals surface area contributed by atoms with Crippen LogP contribution in [-0.4, -0.2) is 5.16 Å². The third kappa shape index (κ3) is 1.42. The normalized spacial score (nSPS) is 10.3. The molecular weight excluding hydrogens is 193 g/mol. The highest BCUT2D eigenvalue weighted by Crippen LogP contribution is 2.25. The zero-order valence-corrected chi connectivity index (χ0v) is 7.25. The molecule has 4 heteroatoms. The van der Waals surface area contributed by atoms with Crippen molar-refractivity contribution in [1.29, 1.82) is 0 Å². The molecule has 1 aromatic carbocycles. The zero-order chi connectivity index (χ0) is 9.26. The van der Waals surface area contributed by atoms with Gasteiger partial charge in [-0.25, -0.2) is 4.39 Å². The van der Waals surface area contributed by atoms with Gasteiger partial charge < -0.3 is 4.52 Å². The first-order chi connectivity index (χ1) is 6.29. The molecule has 0 aliphatic carbocycles. The van der Waals surface area contributed by atoms with Gasteiger partial charge in [0.1, 0.15) is 12.0 Å². The fraction of sp³-hybridized carbons (Fsp3) is 0. The molecule has 0 atom stereocenters. The molecule has 0 aliphatic rings. The van der Waals surface area contributed by atoms with E-state index in [4.69, 9.17) is 11.6 Å². The van der Waals surface area contributed by atoms with Crippen LogP contribution < -0.4 is 0 Å². The topological polar surface area (TPSA) is 26.0 Å². The third-order valence-electron chi connectivity index (χ3n) is 1.67. The molecule has 0 fully saturated rings. The maximum atomic E-state index is 13.4. The van der Waals surface area contributed by atoms with Gasteiger partial charge in [-0.15, -0.1) is 0 Å². The van der Waals surface area contributed by atoms with Crippen LogP contribution in [-0.2, 0) is 0 Å². The van der Waals surface area contributed by atoms with Crippen LogP contribution >= 0.6 is 11.6 Å². The summed E-state index contributed by atoms with van der Waals surface area (Å²) >= 11 is 5.60. The summed E-state index contributed by atoms with van der Waals surface area (Å²) in [6.07, 6.45) is 1.38. The molecule has 0 N–H and O–H groups in total. The van der Waals surface area contributed by atoms with Gasteiger partial charge in [-0.1, -0.05) is 22.8 Å². The van der Waals surface area contributed by atoms with Gasteiger partial charge in [-0.3, -0.25) is 0 Å². The van der Waals surface area contributed by atoms with Crippen molar-refractivity contribution in [2.75, 3.05) is 0 Å². The van der Waals surface area contributed by atoms with Crippen molar-refractivity contribution in [1.82, 2.24) is 5.16 Å². The lowest BCUT2D eigenvalue weighted by atomic mass is 10.1. The van der Waals surface area contributed by atoms with Crippen molar-refractivity contribution in [3.8, 4) is 11.3 Å². The molecule has 2 aromatic rings. The smallest absolute Gasteiger partial charge is 0.151 e. The summed E-state index contributed by atoms with van der Waals surface area (Å²) in [5.74, 6) is -0.474. The van der Waals surface area contributed by atoms with Gasteiger partial charge in [0.15, 0.2) is 5.82 Å². The Balaban J connectivity index is 2.59. The average molecular weight is 198 g/mol. The first kappa shape index (κ1) is 8.26. The van der Waals surface area contributed by atoms with E-state index < -0.39 is 5.82 Å². The number of benzene rings is 1. The van der Waals surface area contributed by atoms with Crippen LogP contribution in [0.4, 0.5) is 4.39 Å². The second-order valence-corrected chi connectivity index (χ2v) is 2.89. The van der Waals surface area contributed by atoms with Crippen LogP contribution in [0.2, 0.25) is 5.02 Å². The Kier molecular flexibility index (Phi) is 2.02. The first-order valence-corrected chi connectivity index (χ1v) is 4.01. The molecule has 1 aromatic heterocycles. The van der Waals surface area contributed by atoms with Crippen LogP contribution in [0.25, 0.3) is 11.3 Å². The number of hydrogen-bond donors (Lipinski definition) is 0. The summed E-state index contributed by atoms with van der Waals surface area (Å²) in [5, 5.41) is 3.70. The van der Waals surface area contributed by atoms with Crippen LogP contribution in [0.1, 0.15) is 0 Å². The van der Waals surface area contributed by atoms with Crippen LogP contribution in [0.15, 0.2) is 35.1 Å². The molecule has 0 saturated carbocycles. The zero-order valence-electron chi connectivity index (χ0n) is 6.50. The van der Waals surface area contributed by atoms with Gasteiger partial charge in [0, 0.05) is 11.6 Å². The minimum Gasteiger partial charge on any atom is -0.364 e. The van der Waals surface area contributed by atoms with Crippen LogP contribution in [0.5, 0.6) is 0 Å². The highest BCUT2D eigenvalue weighted by molar-refractivity contribution is 6.31. The minimum atomic E-state index is -0.474. The van der Waals surface area contributed by atoms with Gasteiger partial charge in [0.05, 0.1) is 5.02 Å². The Labute approximate surface area is 78.9 Å². The molecular formula is C9H5ClFNO. The number of aromatic nitrogens is 1. The first-order valence-electron chi connectivity index (χ1n) is 3.64. The lowest BCUT2D eigenvalue weighted by molar-refractivity contribution is 0.422. The van der Waals surface area contributed by atoms with Crippen LogP contribution in [0.3, 0.4) is 0 Å². The Hall–Kier alpha value is -1.35. The van der Waals surface area contributed by atoms with E-state index in [9.17, 15) is 4.39 Å². The highest BCUT2D eigenvalue weighted by atomic mass is 35.5. The molecule has 0 spiro atoms. The summed E-state index contributed by atoms with van der Waals surface area (Å²) in [4.78, 5) is 0. The van der Waals surface area contributed by atoms with Crippen LogP contribution in [0, 0.1) is 5.82 Å². The standard InChI is InChI=1S/C9H5ClFNO/c10-7-3-1-2-6(9(7)11)8-4-5-13-12-8/h1-5H. The second kappa shape index (κ2) is 3.18. The van der Waals surface area contributed by atoms with E-state index in [-0.39, 0.29) is 5.02 Å². The third-order valence-corrected chi connectivity index (χ3v) is 1.96. The Bertz CT molecular complexity index is 414. The van der Waals surface area contributed by atoms with Gasteiger partial charge in [0.25, 0.3) is 0 Å². The molecule has 0 aliphatic heterocycles.